The normalized spacial score (nSPS) is 11.9. The molecule has 3 aromatic rings. The van der Waals surface area contributed by atoms with Gasteiger partial charge in [-0.25, -0.2) is 8.42 Å². The van der Waals surface area contributed by atoms with Crippen LogP contribution in [0, 0.1) is 0 Å². The summed E-state index contributed by atoms with van der Waals surface area (Å²) in [7, 11) is -3.34. The first-order chi connectivity index (χ1) is 14.5. The smallest absolute Gasteiger partial charge is 0.348 e. The van der Waals surface area contributed by atoms with Crippen molar-refractivity contribution < 1.29 is 26.4 Å². The first-order valence-corrected chi connectivity index (χ1v) is 10.8. The van der Waals surface area contributed by atoms with Crippen molar-refractivity contribution in [1.82, 2.24) is 9.88 Å². The number of nitrogens with zero attached hydrogens (tertiary/aromatic N) is 1. The van der Waals surface area contributed by atoms with Gasteiger partial charge < -0.3 is 5.32 Å². The molecule has 6 nitrogen and oxygen atoms in total. The Morgan fingerprint density at radius 1 is 1.03 bits per heavy atom. The molecule has 3 rings (SSSR count). The number of carbonyl (C=O) groups excluding carboxylic acids is 1. The number of amides is 1. The lowest BCUT2D eigenvalue weighted by molar-refractivity contribution is -0.137. The van der Waals surface area contributed by atoms with Crippen molar-refractivity contribution in [3.8, 4) is 5.69 Å². The Labute approximate surface area is 175 Å². The molecule has 0 saturated carbocycles. The van der Waals surface area contributed by atoms with Crippen molar-refractivity contribution >= 4 is 15.7 Å². The van der Waals surface area contributed by atoms with Crippen molar-refractivity contribution in [1.29, 1.82) is 0 Å². The van der Waals surface area contributed by atoms with Gasteiger partial charge in [0.2, 0.25) is 0 Å². The maximum Gasteiger partial charge on any atom is 0.416 e. The van der Waals surface area contributed by atoms with E-state index in [2.05, 4.69) is 5.32 Å². The van der Waals surface area contributed by atoms with Crippen LogP contribution in [0.3, 0.4) is 0 Å². The maximum absolute atomic E-state index is 13.0. The molecule has 0 radical (unpaired) electrons. The fourth-order valence-electron chi connectivity index (χ4n) is 2.83. The van der Waals surface area contributed by atoms with E-state index in [0.717, 1.165) is 23.0 Å². The van der Waals surface area contributed by atoms with Gasteiger partial charge in [-0.3, -0.25) is 14.2 Å². The van der Waals surface area contributed by atoms with Gasteiger partial charge in [-0.05, 0) is 48.0 Å². The molecule has 10 heteroatoms. The molecule has 2 aromatic carbocycles. The average Bonchev–Trinajstić information content (AvgIpc) is 2.71. The minimum atomic E-state index is -4.57. The van der Waals surface area contributed by atoms with Crippen LogP contribution >= 0.6 is 0 Å². The van der Waals surface area contributed by atoms with Gasteiger partial charge >= 0.3 is 6.18 Å². The highest BCUT2D eigenvalue weighted by atomic mass is 32.2. The molecular weight excluding hydrogens is 433 g/mol. The number of hydrogen-bond donors (Lipinski definition) is 1. The van der Waals surface area contributed by atoms with Crippen LogP contribution < -0.4 is 10.9 Å². The third-order valence-corrected chi connectivity index (χ3v) is 5.58. The van der Waals surface area contributed by atoms with Crippen LogP contribution in [-0.4, -0.2) is 25.1 Å². The van der Waals surface area contributed by atoms with E-state index in [4.69, 9.17) is 0 Å². The van der Waals surface area contributed by atoms with Crippen LogP contribution in [0.2, 0.25) is 0 Å². The Hall–Kier alpha value is -3.40. The molecule has 1 aromatic heterocycles. The fourth-order valence-corrected chi connectivity index (χ4v) is 3.46. The van der Waals surface area contributed by atoms with E-state index >= 15 is 0 Å². The Balaban J connectivity index is 1.81. The Bertz CT molecular complexity index is 1280. The zero-order valence-corrected chi connectivity index (χ0v) is 17.0. The number of aromatic nitrogens is 1. The second-order valence-corrected chi connectivity index (χ2v) is 8.76. The van der Waals surface area contributed by atoms with Crippen LogP contribution in [0.4, 0.5) is 13.2 Å². The molecule has 31 heavy (non-hydrogen) atoms. The fraction of sp³-hybridized carbons (Fsp3) is 0.143. The number of alkyl halides is 3. The van der Waals surface area contributed by atoms with E-state index in [9.17, 15) is 31.2 Å². The molecule has 0 saturated heterocycles. The Morgan fingerprint density at radius 3 is 2.32 bits per heavy atom. The van der Waals surface area contributed by atoms with Crippen LogP contribution in [0.25, 0.3) is 5.69 Å². The van der Waals surface area contributed by atoms with Crippen molar-refractivity contribution in [2.45, 2.75) is 17.6 Å². The molecule has 0 aliphatic rings. The highest BCUT2D eigenvalue weighted by molar-refractivity contribution is 7.90. The standard InChI is InChI=1S/C21H17F3N2O4S/c1-31(29,30)17-9-7-14(8-10-17)13-25-19(27)18-6-3-11-26(20(18)28)16-5-2-4-15(12-16)21(22,23)24/h2-12H,13H2,1H3,(H,25,27). The van der Waals surface area contributed by atoms with Gasteiger partial charge in [0, 0.05) is 24.7 Å². The van der Waals surface area contributed by atoms with Crippen LogP contribution in [0.5, 0.6) is 0 Å². The van der Waals surface area contributed by atoms with Crippen molar-refractivity contribution in [3.05, 3.63) is 93.9 Å². The van der Waals surface area contributed by atoms with Crippen LogP contribution in [0.1, 0.15) is 21.5 Å². The van der Waals surface area contributed by atoms with E-state index in [0.29, 0.717) is 5.56 Å². The molecule has 0 atom stereocenters. The molecular formula is C21H17F3N2O4S. The lowest BCUT2D eigenvalue weighted by Gasteiger charge is -2.12. The van der Waals surface area contributed by atoms with E-state index in [1.165, 1.54) is 54.7 Å². The molecule has 0 unspecified atom stereocenters. The zero-order chi connectivity index (χ0) is 22.8. The van der Waals surface area contributed by atoms with Gasteiger partial charge in [-0.1, -0.05) is 18.2 Å². The zero-order valence-electron chi connectivity index (χ0n) is 16.2. The van der Waals surface area contributed by atoms with E-state index < -0.39 is 33.0 Å². The lowest BCUT2D eigenvalue weighted by Crippen LogP contribution is -2.32. The lowest BCUT2D eigenvalue weighted by atomic mass is 10.1. The summed E-state index contributed by atoms with van der Waals surface area (Å²) in [6.45, 7) is 0.0285. The molecule has 0 aliphatic carbocycles. The summed E-state index contributed by atoms with van der Waals surface area (Å²) < 4.78 is 62.8. The molecule has 0 bridgehead atoms. The molecule has 1 heterocycles. The quantitative estimate of drug-likeness (QED) is 0.647. The van der Waals surface area contributed by atoms with E-state index in [1.807, 2.05) is 0 Å². The van der Waals surface area contributed by atoms with Gasteiger partial charge in [0.25, 0.3) is 11.5 Å². The first-order valence-electron chi connectivity index (χ1n) is 8.93. The predicted octanol–water partition coefficient (Wildman–Crippen LogP) is 3.19. The number of carbonyl (C=O) groups is 1. The third-order valence-electron chi connectivity index (χ3n) is 4.45. The number of hydrogen-bond acceptors (Lipinski definition) is 4. The molecule has 1 amide bonds. The van der Waals surface area contributed by atoms with Gasteiger partial charge in [0.05, 0.1) is 10.5 Å². The number of halogens is 3. The van der Waals surface area contributed by atoms with E-state index in [-0.39, 0.29) is 22.7 Å². The average molecular weight is 450 g/mol. The summed E-state index contributed by atoms with van der Waals surface area (Å²) in [6, 6.07) is 12.8. The van der Waals surface area contributed by atoms with Gasteiger partial charge in [-0.15, -0.1) is 0 Å². The van der Waals surface area contributed by atoms with E-state index in [1.54, 1.807) is 0 Å². The Morgan fingerprint density at radius 2 is 1.71 bits per heavy atom. The largest absolute Gasteiger partial charge is 0.416 e. The second kappa shape index (κ2) is 8.38. The van der Waals surface area contributed by atoms with Crippen molar-refractivity contribution in [2.75, 3.05) is 6.26 Å². The number of sulfone groups is 1. The summed E-state index contributed by atoms with van der Waals surface area (Å²) in [6.07, 6.45) is -2.21. The summed E-state index contributed by atoms with van der Waals surface area (Å²) in [4.78, 5) is 25.3. The van der Waals surface area contributed by atoms with Crippen molar-refractivity contribution in [3.63, 3.8) is 0 Å². The number of rotatable bonds is 5. The molecule has 0 aliphatic heterocycles. The molecule has 162 valence electrons. The van der Waals surface area contributed by atoms with Gasteiger partial charge in [0.15, 0.2) is 9.84 Å². The number of nitrogens with one attached hydrogen (secondary N) is 1. The second-order valence-electron chi connectivity index (χ2n) is 6.74. The molecule has 0 fully saturated rings. The third kappa shape index (κ3) is 5.21. The first kappa shape index (κ1) is 22.3. The van der Waals surface area contributed by atoms with Crippen LogP contribution in [0.15, 0.2) is 76.6 Å². The molecule has 0 spiro atoms. The highest BCUT2D eigenvalue weighted by Gasteiger charge is 2.30. The van der Waals surface area contributed by atoms with Crippen LogP contribution in [-0.2, 0) is 22.6 Å². The number of pyridine rings is 1. The SMILES string of the molecule is CS(=O)(=O)c1ccc(CNC(=O)c2cccn(-c3cccc(C(F)(F)F)c3)c2=O)cc1. The topological polar surface area (TPSA) is 85.2 Å². The minimum absolute atomic E-state index is 0.0224. The maximum atomic E-state index is 13.0. The summed E-state index contributed by atoms with van der Waals surface area (Å²) in [5.41, 5.74) is -1.34. The van der Waals surface area contributed by atoms with Gasteiger partial charge in [-0.2, -0.15) is 13.2 Å². The Kier molecular flexibility index (Phi) is 6.03. The molecule has 1 N–H and O–H groups in total. The summed E-state index contributed by atoms with van der Waals surface area (Å²) in [5.74, 6) is -0.710. The predicted molar refractivity (Wildman–Crippen MR) is 108 cm³/mol. The minimum Gasteiger partial charge on any atom is -0.348 e. The summed E-state index contributed by atoms with van der Waals surface area (Å²) in [5, 5.41) is 2.55. The monoisotopic (exact) mass is 450 g/mol. The van der Waals surface area contributed by atoms with Crippen molar-refractivity contribution in [2.24, 2.45) is 0 Å². The highest BCUT2D eigenvalue weighted by Crippen LogP contribution is 2.30. The van der Waals surface area contributed by atoms with Gasteiger partial charge in [0.1, 0.15) is 5.56 Å². The number of benzene rings is 2. The summed E-state index contributed by atoms with van der Waals surface area (Å²) >= 11 is 0.